The minimum absolute atomic E-state index is 0.0836. The van der Waals surface area contributed by atoms with Crippen LogP contribution in [-0.2, 0) is 0 Å². The Kier molecular flexibility index (Phi) is 2.88. The molecule has 2 rings (SSSR count). The zero-order valence-corrected chi connectivity index (χ0v) is 9.22. The highest BCUT2D eigenvalue weighted by atomic mass is 35.5. The van der Waals surface area contributed by atoms with Crippen molar-refractivity contribution in [1.29, 1.82) is 0 Å². The molecule has 0 saturated carbocycles. The predicted molar refractivity (Wildman–Crippen MR) is 61.6 cm³/mol. The molecule has 86 valence electrons. The van der Waals surface area contributed by atoms with Gasteiger partial charge in [-0.1, -0.05) is 17.7 Å². The Bertz CT molecular complexity index is 574. The fraction of sp³-hybridized carbons (Fsp3) is 0. The number of nitrogens with two attached hydrogens (primary N) is 1. The Hall–Kier alpha value is -2.21. The maximum absolute atomic E-state index is 10.9. The number of carboxylic acids is 1. The molecule has 0 unspecified atom stereocenters. The summed E-state index contributed by atoms with van der Waals surface area (Å²) in [6.45, 7) is 0. The summed E-state index contributed by atoms with van der Waals surface area (Å²) in [7, 11) is 0. The molecule has 17 heavy (non-hydrogen) atoms. The van der Waals surface area contributed by atoms with Gasteiger partial charge in [0.25, 0.3) is 0 Å². The van der Waals surface area contributed by atoms with Crippen molar-refractivity contribution in [2.75, 3.05) is 5.73 Å². The van der Waals surface area contributed by atoms with Crippen LogP contribution in [0.5, 0.6) is 0 Å². The van der Waals surface area contributed by atoms with Gasteiger partial charge in [0.1, 0.15) is 16.5 Å². The van der Waals surface area contributed by atoms with Gasteiger partial charge in [0.15, 0.2) is 11.5 Å². The van der Waals surface area contributed by atoms with Gasteiger partial charge in [0, 0.05) is 6.20 Å². The van der Waals surface area contributed by atoms with E-state index < -0.39 is 5.97 Å². The molecule has 0 aromatic carbocycles. The Morgan fingerprint density at radius 1 is 1.35 bits per heavy atom. The van der Waals surface area contributed by atoms with E-state index in [1.165, 1.54) is 0 Å². The fourth-order valence-electron chi connectivity index (χ4n) is 1.22. The van der Waals surface area contributed by atoms with E-state index in [1.54, 1.807) is 24.4 Å². The molecule has 0 radical (unpaired) electrons. The summed E-state index contributed by atoms with van der Waals surface area (Å²) < 4.78 is 0. The monoisotopic (exact) mass is 250 g/mol. The number of aromatic carboxylic acids is 1. The highest BCUT2D eigenvalue weighted by Gasteiger charge is 2.17. The van der Waals surface area contributed by atoms with Crippen LogP contribution in [0, 0.1) is 0 Å². The normalized spacial score (nSPS) is 10.2. The number of rotatable bonds is 2. The molecule has 0 spiro atoms. The number of nitrogen functional groups attached to an aromatic ring is 1. The Morgan fingerprint density at radius 2 is 2.12 bits per heavy atom. The van der Waals surface area contributed by atoms with Gasteiger partial charge < -0.3 is 10.8 Å². The highest BCUT2D eigenvalue weighted by molar-refractivity contribution is 6.35. The maximum atomic E-state index is 10.9. The molecule has 0 aliphatic rings. The van der Waals surface area contributed by atoms with E-state index >= 15 is 0 Å². The Morgan fingerprint density at radius 3 is 2.71 bits per heavy atom. The van der Waals surface area contributed by atoms with E-state index in [0.717, 1.165) is 0 Å². The highest BCUT2D eigenvalue weighted by Crippen LogP contribution is 2.23. The molecule has 6 nitrogen and oxygen atoms in total. The van der Waals surface area contributed by atoms with Gasteiger partial charge >= 0.3 is 5.97 Å². The lowest BCUT2D eigenvalue weighted by Gasteiger charge is -2.04. The molecular formula is C10H7ClN4O2. The number of anilines is 1. The second-order valence-electron chi connectivity index (χ2n) is 3.12. The zero-order chi connectivity index (χ0) is 12.4. The van der Waals surface area contributed by atoms with E-state index in [0.29, 0.717) is 5.69 Å². The van der Waals surface area contributed by atoms with Gasteiger partial charge in [-0.15, -0.1) is 0 Å². The molecule has 7 heteroatoms. The number of hydrogen-bond acceptors (Lipinski definition) is 5. The van der Waals surface area contributed by atoms with Crippen molar-refractivity contribution in [1.82, 2.24) is 15.0 Å². The van der Waals surface area contributed by atoms with Crippen molar-refractivity contribution < 1.29 is 9.90 Å². The summed E-state index contributed by atoms with van der Waals surface area (Å²) >= 11 is 5.70. The first kappa shape index (κ1) is 11.3. The lowest BCUT2D eigenvalue weighted by Crippen LogP contribution is -2.08. The molecule has 0 aliphatic carbocycles. The number of halogens is 1. The Balaban J connectivity index is 2.61. The first-order chi connectivity index (χ1) is 8.09. The SMILES string of the molecule is Nc1nc(-c2ccccn2)nc(C(=O)O)c1Cl. The van der Waals surface area contributed by atoms with Gasteiger partial charge in [-0.05, 0) is 12.1 Å². The maximum Gasteiger partial charge on any atom is 0.356 e. The standard InChI is InChI=1S/C10H7ClN4O2/c11-6-7(10(16)17)14-9(15-8(6)12)5-3-1-2-4-13-5/h1-4H,(H,16,17)(H2,12,14,15). The van der Waals surface area contributed by atoms with E-state index in [4.69, 9.17) is 22.4 Å². The van der Waals surface area contributed by atoms with Crippen LogP contribution in [0.4, 0.5) is 5.82 Å². The Labute approximate surface area is 101 Å². The van der Waals surface area contributed by atoms with Gasteiger partial charge in [0.2, 0.25) is 0 Å². The quantitative estimate of drug-likeness (QED) is 0.837. The van der Waals surface area contributed by atoms with Crippen molar-refractivity contribution in [2.45, 2.75) is 0 Å². The summed E-state index contributed by atoms with van der Waals surface area (Å²) in [5.74, 6) is -1.22. The third-order valence-corrected chi connectivity index (χ3v) is 2.35. The van der Waals surface area contributed by atoms with Crippen LogP contribution in [0.3, 0.4) is 0 Å². The summed E-state index contributed by atoms with van der Waals surface area (Å²) in [5, 5.41) is 8.74. The molecule has 0 amide bonds. The molecule has 0 atom stereocenters. The number of nitrogens with zero attached hydrogens (tertiary/aromatic N) is 3. The summed E-state index contributed by atoms with van der Waals surface area (Å²) in [6, 6.07) is 5.10. The fourth-order valence-corrected chi connectivity index (χ4v) is 1.38. The minimum Gasteiger partial charge on any atom is -0.476 e. The second-order valence-corrected chi connectivity index (χ2v) is 3.49. The van der Waals surface area contributed by atoms with E-state index in [2.05, 4.69) is 15.0 Å². The van der Waals surface area contributed by atoms with Crippen LogP contribution in [-0.4, -0.2) is 26.0 Å². The van der Waals surface area contributed by atoms with Crippen LogP contribution in [0.2, 0.25) is 5.02 Å². The minimum atomic E-state index is -1.26. The third-order valence-electron chi connectivity index (χ3n) is 1.97. The molecular weight excluding hydrogens is 244 g/mol. The van der Waals surface area contributed by atoms with Crippen LogP contribution in [0.15, 0.2) is 24.4 Å². The average molecular weight is 251 g/mol. The molecule has 2 aromatic rings. The zero-order valence-electron chi connectivity index (χ0n) is 8.46. The van der Waals surface area contributed by atoms with E-state index in [-0.39, 0.29) is 22.4 Å². The predicted octanol–water partition coefficient (Wildman–Crippen LogP) is 1.47. The molecule has 2 aromatic heterocycles. The summed E-state index contributed by atoms with van der Waals surface area (Å²) in [6.07, 6.45) is 1.55. The van der Waals surface area contributed by atoms with Gasteiger partial charge in [0.05, 0.1) is 0 Å². The molecule has 2 heterocycles. The van der Waals surface area contributed by atoms with Crippen LogP contribution < -0.4 is 5.73 Å². The van der Waals surface area contributed by atoms with Crippen molar-refractivity contribution in [2.24, 2.45) is 0 Å². The number of carbonyl (C=O) groups is 1. The van der Waals surface area contributed by atoms with E-state index in [9.17, 15) is 4.79 Å². The average Bonchev–Trinajstić information content (AvgIpc) is 2.33. The molecule has 0 fully saturated rings. The third kappa shape index (κ3) is 2.16. The summed E-state index contributed by atoms with van der Waals surface area (Å²) in [4.78, 5) is 22.6. The van der Waals surface area contributed by atoms with E-state index in [1.807, 2.05) is 0 Å². The molecule has 0 saturated heterocycles. The smallest absolute Gasteiger partial charge is 0.356 e. The molecule has 0 aliphatic heterocycles. The van der Waals surface area contributed by atoms with Crippen LogP contribution in [0.25, 0.3) is 11.5 Å². The largest absolute Gasteiger partial charge is 0.476 e. The van der Waals surface area contributed by atoms with Crippen molar-refractivity contribution >= 4 is 23.4 Å². The summed E-state index contributed by atoms with van der Waals surface area (Å²) in [5.41, 5.74) is 5.62. The lowest BCUT2D eigenvalue weighted by atomic mass is 10.3. The van der Waals surface area contributed by atoms with Crippen LogP contribution >= 0.6 is 11.6 Å². The molecule has 3 N–H and O–H groups in total. The second kappa shape index (κ2) is 4.34. The van der Waals surface area contributed by atoms with Crippen molar-refractivity contribution in [3.05, 3.63) is 35.1 Å². The first-order valence-electron chi connectivity index (χ1n) is 4.57. The number of pyridine rings is 1. The topological polar surface area (TPSA) is 102 Å². The van der Waals surface area contributed by atoms with Crippen molar-refractivity contribution in [3.63, 3.8) is 0 Å². The number of carboxylic acid groups (broad SMARTS) is 1. The number of aromatic nitrogens is 3. The van der Waals surface area contributed by atoms with Gasteiger partial charge in [-0.3, -0.25) is 4.98 Å². The molecule has 0 bridgehead atoms. The van der Waals surface area contributed by atoms with Gasteiger partial charge in [-0.25, -0.2) is 14.8 Å². The first-order valence-corrected chi connectivity index (χ1v) is 4.95. The van der Waals surface area contributed by atoms with Crippen molar-refractivity contribution in [3.8, 4) is 11.5 Å². The van der Waals surface area contributed by atoms with Gasteiger partial charge in [-0.2, -0.15) is 0 Å². The number of hydrogen-bond donors (Lipinski definition) is 2. The lowest BCUT2D eigenvalue weighted by molar-refractivity contribution is 0.0690. The van der Waals surface area contributed by atoms with Crippen LogP contribution in [0.1, 0.15) is 10.5 Å².